The summed E-state index contributed by atoms with van der Waals surface area (Å²) in [6.45, 7) is 6.27. The maximum atomic E-state index is 12.1. The lowest BCUT2D eigenvalue weighted by Gasteiger charge is -2.06. The molecule has 1 heterocycles. The first-order valence-electron chi connectivity index (χ1n) is 6.24. The van der Waals surface area contributed by atoms with Crippen LogP contribution in [-0.4, -0.2) is 16.5 Å². The zero-order valence-corrected chi connectivity index (χ0v) is 13.0. The highest BCUT2D eigenvalue weighted by molar-refractivity contribution is 8.01. The van der Waals surface area contributed by atoms with E-state index < -0.39 is 0 Å². The number of thioether (sulfide) groups is 1. The molecular weight excluding hydrogens is 274 g/mol. The van der Waals surface area contributed by atoms with Crippen molar-refractivity contribution in [3.63, 3.8) is 0 Å². The monoisotopic (exact) mass is 291 g/mol. The Hall–Kier alpha value is -1.13. The van der Waals surface area contributed by atoms with E-state index in [1.54, 1.807) is 11.3 Å². The molecule has 100 valence electrons. The molecule has 0 amide bonds. The molecule has 0 saturated heterocycles. The molecule has 0 atom stereocenters. The van der Waals surface area contributed by atoms with Gasteiger partial charge in [0.25, 0.3) is 0 Å². The van der Waals surface area contributed by atoms with E-state index in [1.165, 1.54) is 17.3 Å². The minimum absolute atomic E-state index is 0.160. The molecule has 1 aromatic heterocycles. The Labute approximate surface area is 122 Å². The summed E-state index contributed by atoms with van der Waals surface area (Å²) < 4.78 is 0.963. The number of nitrogens with zero attached hydrogens (tertiary/aromatic N) is 1. The zero-order chi connectivity index (χ0) is 13.8. The smallest absolute Gasteiger partial charge is 0.173 e. The number of thiazole rings is 1. The van der Waals surface area contributed by atoms with E-state index in [1.807, 2.05) is 36.6 Å². The Kier molecular flexibility index (Phi) is 4.77. The van der Waals surface area contributed by atoms with E-state index in [2.05, 4.69) is 18.8 Å². The topological polar surface area (TPSA) is 30.0 Å². The SMILES string of the molecule is Cc1csc(SCC(=O)c2ccc(C(C)C)cc2)n1. The van der Waals surface area contributed by atoms with Crippen LogP contribution in [0.4, 0.5) is 0 Å². The number of hydrogen-bond acceptors (Lipinski definition) is 4. The van der Waals surface area contributed by atoms with Gasteiger partial charge < -0.3 is 0 Å². The molecule has 0 spiro atoms. The molecule has 0 unspecified atom stereocenters. The number of carbonyl (C=O) groups is 1. The van der Waals surface area contributed by atoms with E-state index in [4.69, 9.17) is 0 Å². The third-order valence-electron chi connectivity index (χ3n) is 2.82. The summed E-state index contributed by atoms with van der Waals surface area (Å²) in [6, 6.07) is 7.92. The van der Waals surface area contributed by atoms with Crippen LogP contribution in [0, 0.1) is 6.92 Å². The predicted octanol–water partition coefficient (Wildman–Crippen LogP) is 4.55. The van der Waals surface area contributed by atoms with Crippen LogP contribution in [0.25, 0.3) is 0 Å². The second-order valence-corrected chi connectivity index (χ2v) is 6.82. The Bertz CT molecular complexity index is 558. The molecule has 2 nitrogen and oxygen atoms in total. The maximum absolute atomic E-state index is 12.1. The standard InChI is InChI=1S/C15H17NOS2/c1-10(2)12-4-6-13(7-5-12)14(17)9-19-15-16-11(3)8-18-15/h4-8,10H,9H2,1-3H3. The predicted molar refractivity (Wildman–Crippen MR) is 82.4 cm³/mol. The Morgan fingerprint density at radius 3 is 2.53 bits per heavy atom. The average molecular weight is 291 g/mol. The number of carbonyl (C=O) groups excluding carboxylic acids is 1. The van der Waals surface area contributed by atoms with Gasteiger partial charge in [-0.3, -0.25) is 4.79 Å². The van der Waals surface area contributed by atoms with Crippen LogP contribution < -0.4 is 0 Å². The summed E-state index contributed by atoms with van der Waals surface area (Å²) in [5.74, 6) is 1.11. The van der Waals surface area contributed by atoms with Gasteiger partial charge in [-0.05, 0) is 18.4 Å². The molecule has 0 radical (unpaired) electrons. The van der Waals surface area contributed by atoms with Crippen molar-refractivity contribution in [3.8, 4) is 0 Å². The van der Waals surface area contributed by atoms with Crippen LogP contribution in [0.5, 0.6) is 0 Å². The molecule has 0 aliphatic carbocycles. The highest BCUT2D eigenvalue weighted by Crippen LogP contribution is 2.23. The minimum atomic E-state index is 0.160. The van der Waals surface area contributed by atoms with Crippen molar-refractivity contribution in [2.24, 2.45) is 0 Å². The lowest BCUT2D eigenvalue weighted by atomic mass is 10.0. The molecule has 0 saturated carbocycles. The van der Waals surface area contributed by atoms with Crippen molar-refractivity contribution in [2.75, 3.05) is 5.75 Å². The largest absolute Gasteiger partial charge is 0.293 e. The van der Waals surface area contributed by atoms with E-state index in [9.17, 15) is 4.79 Å². The van der Waals surface area contributed by atoms with Crippen LogP contribution in [0.1, 0.15) is 41.4 Å². The summed E-state index contributed by atoms with van der Waals surface area (Å²) >= 11 is 3.11. The molecular formula is C15H17NOS2. The van der Waals surface area contributed by atoms with Gasteiger partial charge in [0, 0.05) is 16.6 Å². The molecule has 0 fully saturated rings. The molecule has 4 heteroatoms. The second kappa shape index (κ2) is 6.35. The first-order chi connectivity index (χ1) is 9.06. The molecule has 0 aliphatic rings. The van der Waals surface area contributed by atoms with E-state index >= 15 is 0 Å². The lowest BCUT2D eigenvalue weighted by Crippen LogP contribution is -2.02. The van der Waals surface area contributed by atoms with Gasteiger partial charge in [0.15, 0.2) is 10.1 Å². The molecule has 19 heavy (non-hydrogen) atoms. The number of Topliss-reactive ketones (excluding diaryl/α,β-unsaturated/α-hetero) is 1. The van der Waals surface area contributed by atoms with Crippen molar-refractivity contribution in [3.05, 3.63) is 46.5 Å². The molecule has 0 bridgehead atoms. The van der Waals surface area contributed by atoms with Gasteiger partial charge >= 0.3 is 0 Å². The normalized spacial score (nSPS) is 10.9. The van der Waals surface area contributed by atoms with Crippen LogP contribution in [-0.2, 0) is 0 Å². The summed E-state index contributed by atoms with van der Waals surface area (Å²) in [4.78, 5) is 16.4. The molecule has 1 aromatic carbocycles. The fourth-order valence-electron chi connectivity index (χ4n) is 1.66. The summed E-state index contributed by atoms with van der Waals surface area (Å²) in [7, 11) is 0. The van der Waals surface area contributed by atoms with Crippen LogP contribution in [0.3, 0.4) is 0 Å². The van der Waals surface area contributed by atoms with Crippen LogP contribution in [0.2, 0.25) is 0 Å². The number of ketones is 1. The summed E-state index contributed by atoms with van der Waals surface area (Å²) in [6.07, 6.45) is 0. The third-order valence-corrected chi connectivity index (χ3v) is 4.96. The summed E-state index contributed by atoms with van der Waals surface area (Å²) in [5.41, 5.74) is 3.06. The quantitative estimate of drug-likeness (QED) is 0.598. The first kappa shape index (κ1) is 14.3. The van der Waals surface area contributed by atoms with Crippen molar-refractivity contribution < 1.29 is 4.79 Å². The molecule has 0 aliphatic heterocycles. The van der Waals surface area contributed by atoms with Gasteiger partial charge in [-0.1, -0.05) is 49.9 Å². The second-order valence-electron chi connectivity index (χ2n) is 4.74. The number of hydrogen-bond donors (Lipinski definition) is 0. The van der Waals surface area contributed by atoms with E-state index in [0.29, 0.717) is 11.7 Å². The highest BCUT2D eigenvalue weighted by atomic mass is 32.2. The molecule has 0 N–H and O–H groups in total. The van der Waals surface area contributed by atoms with Gasteiger partial charge in [0.1, 0.15) is 0 Å². The number of benzene rings is 1. The average Bonchev–Trinajstić information content (AvgIpc) is 2.82. The summed E-state index contributed by atoms with van der Waals surface area (Å²) in [5, 5.41) is 2.00. The molecule has 2 rings (SSSR count). The highest BCUT2D eigenvalue weighted by Gasteiger charge is 2.09. The number of aromatic nitrogens is 1. The van der Waals surface area contributed by atoms with Crippen molar-refractivity contribution >= 4 is 28.9 Å². The van der Waals surface area contributed by atoms with Crippen LogP contribution in [0.15, 0.2) is 34.0 Å². The van der Waals surface area contributed by atoms with Gasteiger partial charge in [-0.2, -0.15) is 0 Å². The number of rotatable bonds is 5. The van der Waals surface area contributed by atoms with Gasteiger partial charge in [-0.15, -0.1) is 11.3 Å². The van der Waals surface area contributed by atoms with Crippen molar-refractivity contribution in [2.45, 2.75) is 31.0 Å². The van der Waals surface area contributed by atoms with Crippen molar-refractivity contribution in [1.82, 2.24) is 4.98 Å². The van der Waals surface area contributed by atoms with Crippen LogP contribution >= 0.6 is 23.1 Å². The third kappa shape index (κ3) is 3.91. The maximum Gasteiger partial charge on any atom is 0.173 e. The van der Waals surface area contributed by atoms with E-state index in [-0.39, 0.29) is 5.78 Å². The van der Waals surface area contributed by atoms with E-state index in [0.717, 1.165) is 15.6 Å². The first-order valence-corrected chi connectivity index (χ1v) is 8.11. The Morgan fingerprint density at radius 1 is 1.32 bits per heavy atom. The van der Waals surface area contributed by atoms with Gasteiger partial charge in [0.2, 0.25) is 0 Å². The van der Waals surface area contributed by atoms with Gasteiger partial charge in [-0.25, -0.2) is 4.98 Å². The minimum Gasteiger partial charge on any atom is -0.293 e. The molecule has 2 aromatic rings. The Morgan fingerprint density at radius 2 is 2.00 bits per heavy atom. The Balaban J connectivity index is 1.96. The zero-order valence-electron chi connectivity index (χ0n) is 11.3. The lowest BCUT2D eigenvalue weighted by molar-refractivity contribution is 0.102. The fraction of sp³-hybridized carbons (Fsp3) is 0.333. The fourth-order valence-corrected chi connectivity index (χ4v) is 3.41. The van der Waals surface area contributed by atoms with Crippen molar-refractivity contribution in [1.29, 1.82) is 0 Å². The number of aryl methyl sites for hydroxylation is 1. The van der Waals surface area contributed by atoms with Gasteiger partial charge in [0.05, 0.1) is 5.75 Å².